The highest BCUT2D eigenvalue weighted by Gasteiger charge is 2.14. The van der Waals surface area contributed by atoms with E-state index < -0.39 is 0 Å². The molecule has 0 amide bonds. The summed E-state index contributed by atoms with van der Waals surface area (Å²) in [5, 5.41) is 12.2. The fourth-order valence-corrected chi connectivity index (χ4v) is 2.77. The number of aromatic nitrogens is 1. The molecule has 0 spiro atoms. The van der Waals surface area contributed by atoms with Crippen molar-refractivity contribution in [2.75, 3.05) is 0 Å². The van der Waals surface area contributed by atoms with E-state index in [1.807, 2.05) is 25.1 Å². The van der Waals surface area contributed by atoms with Crippen LogP contribution in [0.2, 0.25) is 0 Å². The van der Waals surface area contributed by atoms with Gasteiger partial charge in [0.05, 0.1) is 4.92 Å². The second kappa shape index (κ2) is 5.05. The molecule has 21 heavy (non-hydrogen) atoms. The topological polar surface area (TPSA) is 48.1 Å². The summed E-state index contributed by atoms with van der Waals surface area (Å²) >= 11 is 0. The number of rotatable bonds is 3. The van der Waals surface area contributed by atoms with E-state index in [0.29, 0.717) is 6.54 Å². The number of hydrogen-bond donors (Lipinski definition) is 0. The van der Waals surface area contributed by atoms with Gasteiger partial charge in [0.2, 0.25) is 0 Å². The molecule has 0 bridgehead atoms. The first kappa shape index (κ1) is 13.4. The van der Waals surface area contributed by atoms with Crippen LogP contribution in [0.15, 0.2) is 48.5 Å². The van der Waals surface area contributed by atoms with Crippen LogP contribution in [0.4, 0.5) is 5.69 Å². The molecule has 0 atom stereocenters. The lowest BCUT2D eigenvalue weighted by Gasteiger charge is -2.11. The molecule has 1 aromatic heterocycles. The summed E-state index contributed by atoms with van der Waals surface area (Å²) in [5.41, 5.74) is 4.21. The average Bonchev–Trinajstić information content (AvgIpc) is 2.77. The molecule has 1 heterocycles. The van der Waals surface area contributed by atoms with Gasteiger partial charge in [-0.05, 0) is 36.9 Å². The van der Waals surface area contributed by atoms with Crippen LogP contribution in [0.1, 0.15) is 16.8 Å². The van der Waals surface area contributed by atoms with Crippen molar-refractivity contribution in [1.29, 1.82) is 0 Å². The molecular formula is C17H16N2O2. The lowest BCUT2D eigenvalue weighted by atomic mass is 10.1. The Balaban J connectivity index is 2.09. The molecule has 0 unspecified atom stereocenters. The van der Waals surface area contributed by atoms with Crippen LogP contribution in [0.25, 0.3) is 10.9 Å². The van der Waals surface area contributed by atoms with E-state index in [9.17, 15) is 10.1 Å². The molecule has 0 aliphatic carbocycles. The van der Waals surface area contributed by atoms with Gasteiger partial charge < -0.3 is 4.57 Å². The lowest BCUT2D eigenvalue weighted by Crippen LogP contribution is -2.04. The Bertz CT molecular complexity index is 834. The van der Waals surface area contributed by atoms with Crippen molar-refractivity contribution < 1.29 is 4.92 Å². The van der Waals surface area contributed by atoms with Crippen molar-refractivity contribution in [3.05, 3.63) is 75.5 Å². The number of hydrogen-bond acceptors (Lipinski definition) is 2. The number of benzene rings is 2. The number of aryl methyl sites for hydroxylation is 1. The molecule has 0 aliphatic rings. The van der Waals surface area contributed by atoms with E-state index in [4.69, 9.17) is 0 Å². The zero-order valence-corrected chi connectivity index (χ0v) is 12.0. The first-order chi connectivity index (χ1) is 10.1. The predicted molar refractivity (Wildman–Crippen MR) is 83.6 cm³/mol. The van der Waals surface area contributed by atoms with Crippen LogP contribution < -0.4 is 0 Å². The summed E-state index contributed by atoms with van der Waals surface area (Å²) in [4.78, 5) is 10.7. The number of nitro benzene ring substituents is 1. The fraction of sp³-hybridized carbons (Fsp3) is 0.176. The zero-order valence-electron chi connectivity index (χ0n) is 12.0. The maximum absolute atomic E-state index is 11.1. The Morgan fingerprint density at radius 1 is 1.10 bits per heavy atom. The van der Waals surface area contributed by atoms with Crippen molar-refractivity contribution in [1.82, 2.24) is 4.57 Å². The molecule has 106 valence electrons. The maximum Gasteiger partial charge on any atom is 0.272 e. The fourth-order valence-electron chi connectivity index (χ4n) is 2.77. The third-order valence-electron chi connectivity index (χ3n) is 3.96. The maximum atomic E-state index is 11.1. The summed E-state index contributed by atoms with van der Waals surface area (Å²) in [6.45, 7) is 4.52. The summed E-state index contributed by atoms with van der Waals surface area (Å²) in [7, 11) is 0. The Hall–Kier alpha value is -2.62. The average molecular weight is 280 g/mol. The molecule has 3 rings (SSSR count). The summed E-state index contributed by atoms with van der Waals surface area (Å²) < 4.78 is 2.20. The smallest absolute Gasteiger partial charge is 0.272 e. The van der Waals surface area contributed by atoms with E-state index in [1.165, 1.54) is 5.39 Å². The van der Waals surface area contributed by atoms with Crippen molar-refractivity contribution in [2.45, 2.75) is 20.4 Å². The standard InChI is InChI=1S/C17H16N2O2/c1-12-10-14-6-3-4-8-17(14)18(12)11-15-7-5-9-16(13(15)2)19(20)21/h3-10H,11H2,1-2H3. The summed E-state index contributed by atoms with van der Waals surface area (Å²) in [5.74, 6) is 0. The van der Waals surface area contributed by atoms with E-state index in [0.717, 1.165) is 22.3 Å². The highest BCUT2D eigenvalue weighted by Crippen LogP contribution is 2.25. The van der Waals surface area contributed by atoms with E-state index >= 15 is 0 Å². The largest absolute Gasteiger partial charge is 0.340 e. The molecule has 0 aliphatic heterocycles. The van der Waals surface area contributed by atoms with Gasteiger partial charge >= 0.3 is 0 Å². The minimum Gasteiger partial charge on any atom is -0.340 e. The molecule has 2 aromatic carbocycles. The molecule has 4 nitrogen and oxygen atoms in total. The lowest BCUT2D eigenvalue weighted by molar-refractivity contribution is -0.385. The first-order valence-electron chi connectivity index (χ1n) is 6.85. The minimum absolute atomic E-state index is 0.182. The van der Waals surface area contributed by atoms with E-state index in [-0.39, 0.29) is 10.6 Å². The molecule has 0 fully saturated rings. The van der Waals surface area contributed by atoms with Crippen LogP contribution in [-0.2, 0) is 6.54 Å². The predicted octanol–water partition coefficient (Wildman–Crippen LogP) is 4.21. The van der Waals surface area contributed by atoms with Gasteiger partial charge in [-0.1, -0.05) is 30.3 Å². The van der Waals surface area contributed by atoms with Crippen molar-refractivity contribution in [3.63, 3.8) is 0 Å². The molecule has 0 saturated heterocycles. The highest BCUT2D eigenvalue weighted by atomic mass is 16.6. The van der Waals surface area contributed by atoms with Crippen molar-refractivity contribution in [3.8, 4) is 0 Å². The van der Waals surface area contributed by atoms with Crippen LogP contribution in [0, 0.1) is 24.0 Å². The van der Waals surface area contributed by atoms with Gasteiger partial charge in [0.15, 0.2) is 0 Å². The first-order valence-corrected chi connectivity index (χ1v) is 6.85. The number of para-hydroxylation sites is 1. The van der Waals surface area contributed by atoms with Crippen LogP contribution in [-0.4, -0.2) is 9.49 Å². The molecule has 0 saturated carbocycles. The van der Waals surface area contributed by atoms with Gasteiger partial charge in [-0.2, -0.15) is 0 Å². The molecule has 4 heteroatoms. The van der Waals surface area contributed by atoms with Gasteiger partial charge in [-0.15, -0.1) is 0 Å². The second-order valence-corrected chi connectivity index (χ2v) is 5.25. The molecule has 3 aromatic rings. The highest BCUT2D eigenvalue weighted by molar-refractivity contribution is 5.81. The van der Waals surface area contributed by atoms with Crippen LogP contribution in [0.5, 0.6) is 0 Å². The van der Waals surface area contributed by atoms with Crippen molar-refractivity contribution in [2.24, 2.45) is 0 Å². The number of nitrogens with zero attached hydrogens (tertiary/aromatic N) is 2. The third-order valence-corrected chi connectivity index (χ3v) is 3.96. The summed E-state index contributed by atoms with van der Waals surface area (Å²) in [6, 6.07) is 15.6. The monoisotopic (exact) mass is 280 g/mol. The van der Waals surface area contributed by atoms with Crippen LogP contribution >= 0.6 is 0 Å². The van der Waals surface area contributed by atoms with Gasteiger partial charge in [0, 0.05) is 29.4 Å². The van der Waals surface area contributed by atoms with Gasteiger partial charge in [-0.3, -0.25) is 10.1 Å². The Morgan fingerprint density at radius 3 is 2.62 bits per heavy atom. The van der Waals surface area contributed by atoms with Gasteiger partial charge in [0.1, 0.15) is 0 Å². The number of nitro groups is 1. The van der Waals surface area contributed by atoms with E-state index in [2.05, 4.69) is 29.7 Å². The third kappa shape index (κ3) is 2.29. The zero-order chi connectivity index (χ0) is 15.0. The Morgan fingerprint density at radius 2 is 1.86 bits per heavy atom. The van der Waals surface area contributed by atoms with Crippen LogP contribution in [0.3, 0.4) is 0 Å². The van der Waals surface area contributed by atoms with E-state index in [1.54, 1.807) is 12.1 Å². The second-order valence-electron chi connectivity index (χ2n) is 5.25. The minimum atomic E-state index is -0.320. The normalized spacial score (nSPS) is 11.0. The number of fused-ring (bicyclic) bond motifs is 1. The Labute approximate surface area is 122 Å². The SMILES string of the molecule is Cc1c(Cn2c(C)cc3ccccc32)cccc1[N+](=O)[O-]. The summed E-state index contributed by atoms with van der Waals surface area (Å²) in [6.07, 6.45) is 0. The molecular weight excluding hydrogens is 264 g/mol. The molecule has 0 N–H and O–H groups in total. The quantitative estimate of drug-likeness (QED) is 0.533. The molecule has 0 radical (unpaired) electrons. The Kier molecular flexibility index (Phi) is 3.22. The van der Waals surface area contributed by atoms with Gasteiger partial charge in [-0.25, -0.2) is 0 Å². The van der Waals surface area contributed by atoms with Crippen molar-refractivity contribution >= 4 is 16.6 Å². The van der Waals surface area contributed by atoms with Gasteiger partial charge in [0.25, 0.3) is 5.69 Å².